The average Bonchev–Trinajstić information content (AvgIpc) is 2.76. The molecule has 5 nitrogen and oxygen atoms in total. The quantitative estimate of drug-likeness (QED) is 0.771. The van der Waals surface area contributed by atoms with E-state index in [1.54, 1.807) is 5.32 Å². The minimum Gasteiger partial charge on any atom is -0.327 e. The zero-order chi connectivity index (χ0) is 14.0. The highest BCUT2D eigenvalue weighted by molar-refractivity contribution is 5.94. The van der Waals surface area contributed by atoms with Crippen LogP contribution in [0.4, 0.5) is 19.0 Å². The number of carbonyl (C=O) groups is 1. The van der Waals surface area contributed by atoms with Gasteiger partial charge in [0.05, 0.1) is 0 Å². The summed E-state index contributed by atoms with van der Waals surface area (Å²) in [6.07, 6.45) is -1.07. The second-order valence-electron chi connectivity index (χ2n) is 4.72. The number of halogens is 3. The summed E-state index contributed by atoms with van der Waals surface area (Å²) in [7, 11) is 0. The molecule has 0 radical (unpaired) electrons. The zero-order valence-electron chi connectivity index (χ0n) is 10.1. The molecule has 0 spiro atoms. The molecular formula is C11H15F3N4O. The van der Waals surface area contributed by atoms with E-state index in [-0.39, 0.29) is 17.8 Å². The summed E-state index contributed by atoms with van der Waals surface area (Å²) in [5.74, 6) is -2.11. The molecule has 0 aliphatic heterocycles. The minimum atomic E-state index is -4.92. The van der Waals surface area contributed by atoms with Crippen molar-refractivity contribution in [1.82, 2.24) is 10.2 Å². The van der Waals surface area contributed by atoms with Gasteiger partial charge in [-0.3, -0.25) is 9.89 Å². The maximum Gasteiger partial charge on any atom is 0.471 e. The molecule has 1 saturated carbocycles. The number of nitrogens with one attached hydrogen (secondary N) is 2. The van der Waals surface area contributed by atoms with E-state index < -0.39 is 12.1 Å². The van der Waals surface area contributed by atoms with Crippen molar-refractivity contribution in [2.75, 3.05) is 5.32 Å². The van der Waals surface area contributed by atoms with Crippen LogP contribution < -0.4 is 11.1 Å². The Balaban J connectivity index is 2.04. The average molecular weight is 276 g/mol. The molecule has 0 unspecified atom stereocenters. The van der Waals surface area contributed by atoms with Gasteiger partial charge < -0.3 is 11.1 Å². The summed E-state index contributed by atoms with van der Waals surface area (Å²) in [6.45, 7) is 0. The van der Waals surface area contributed by atoms with Crippen molar-refractivity contribution in [3.63, 3.8) is 0 Å². The molecule has 2 rings (SSSR count). The van der Waals surface area contributed by atoms with Gasteiger partial charge in [0.15, 0.2) is 5.82 Å². The smallest absolute Gasteiger partial charge is 0.327 e. The van der Waals surface area contributed by atoms with E-state index in [0.29, 0.717) is 5.69 Å². The molecule has 4 N–H and O–H groups in total. The number of nitrogens with two attached hydrogens (primary N) is 1. The van der Waals surface area contributed by atoms with E-state index in [1.807, 2.05) is 0 Å². The number of hydrogen-bond acceptors (Lipinski definition) is 3. The highest BCUT2D eigenvalue weighted by atomic mass is 19.4. The molecule has 1 fully saturated rings. The number of rotatable bonds is 2. The molecule has 1 heterocycles. The first kappa shape index (κ1) is 13.9. The van der Waals surface area contributed by atoms with Crippen molar-refractivity contribution in [3.8, 4) is 0 Å². The van der Waals surface area contributed by atoms with Crippen LogP contribution in [-0.2, 0) is 4.79 Å². The second kappa shape index (κ2) is 5.20. The number of nitrogens with zero attached hydrogens (tertiary/aromatic N) is 1. The number of hydrogen-bond donors (Lipinski definition) is 3. The van der Waals surface area contributed by atoms with Gasteiger partial charge in [-0.2, -0.15) is 18.3 Å². The Hall–Kier alpha value is -1.57. The van der Waals surface area contributed by atoms with Gasteiger partial charge in [-0.25, -0.2) is 0 Å². The van der Waals surface area contributed by atoms with Crippen LogP contribution in [-0.4, -0.2) is 28.3 Å². The Labute approximate surface area is 107 Å². The lowest BCUT2D eigenvalue weighted by Crippen LogP contribution is -2.31. The molecule has 1 amide bonds. The fourth-order valence-electron chi connectivity index (χ4n) is 2.32. The molecule has 8 heteroatoms. The summed E-state index contributed by atoms with van der Waals surface area (Å²) < 4.78 is 36.3. The van der Waals surface area contributed by atoms with Crippen LogP contribution in [0.5, 0.6) is 0 Å². The molecule has 1 aromatic heterocycles. The molecule has 1 aliphatic carbocycles. The van der Waals surface area contributed by atoms with Crippen molar-refractivity contribution in [2.24, 2.45) is 5.73 Å². The fraction of sp³-hybridized carbons (Fsp3) is 0.636. The van der Waals surface area contributed by atoms with E-state index >= 15 is 0 Å². The van der Waals surface area contributed by atoms with Gasteiger partial charge in [-0.1, -0.05) is 12.8 Å². The van der Waals surface area contributed by atoms with Crippen LogP contribution in [0.1, 0.15) is 37.3 Å². The number of aromatic amines is 1. The van der Waals surface area contributed by atoms with Crippen LogP contribution in [0.25, 0.3) is 0 Å². The normalized spacial score (nSPS) is 24.2. The van der Waals surface area contributed by atoms with Gasteiger partial charge >= 0.3 is 12.1 Å². The molecule has 2 atom stereocenters. The van der Waals surface area contributed by atoms with Crippen LogP contribution >= 0.6 is 0 Å². The second-order valence-corrected chi connectivity index (χ2v) is 4.72. The molecule has 106 valence electrons. The SMILES string of the molecule is N[C@@H]1CCCC[C@H]1c1cc(NC(=O)C(F)(F)F)n[nH]1. The van der Waals surface area contributed by atoms with E-state index in [4.69, 9.17) is 5.73 Å². The standard InChI is InChI=1S/C11H15F3N4O/c12-11(13,14)10(19)16-9-5-8(17-18-9)6-3-1-2-4-7(6)15/h5-7H,1-4,15H2,(H2,16,17,18,19)/t6-,7-/m1/s1. The van der Waals surface area contributed by atoms with E-state index in [1.165, 1.54) is 6.07 Å². The third kappa shape index (κ3) is 3.25. The van der Waals surface area contributed by atoms with Gasteiger partial charge in [0, 0.05) is 23.7 Å². The summed E-state index contributed by atoms with van der Waals surface area (Å²) in [4.78, 5) is 10.8. The lowest BCUT2D eigenvalue weighted by molar-refractivity contribution is -0.167. The third-order valence-corrected chi connectivity index (χ3v) is 3.32. The summed E-state index contributed by atoms with van der Waals surface area (Å²) >= 11 is 0. The Morgan fingerprint density at radius 3 is 2.74 bits per heavy atom. The van der Waals surface area contributed by atoms with E-state index in [0.717, 1.165) is 25.7 Å². The topological polar surface area (TPSA) is 83.8 Å². The number of aromatic nitrogens is 2. The van der Waals surface area contributed by atoms with E-state index in [2.05, 4.69) is 10.2 Å². The Bertz CT molecular complexity index is 457. The maximum atomic E-state index is 12.1. The molecule has 0 aromatic carbocycles. The highest BCUT2D eigenvalue weighted by Crippen LogP contribution is 2.31. The van der Waals surface area contributed by atoms with Gasteiger partial charge in [-0.15, -0.1) is 0 Å². The van der Waals surface area contributed by atoms with Gasteiger partial charge in [0.2, 0.25) is 0 Å². The first-order valence-corrected chi connectivity index (χ1v) is 6.07. The van der Waals surface area contributed by atoms with Crippen molar-refractivity contribution >= 4 is 11.7 Å². The summed E-state index contributed by atoms with van der Waals surface area (Å²) in [6, 6.07) is 1.39. The summed E-state index contributed by atoms with van der Waals surface area (Å²) in [5, 5.41) is 8.03. The van der Waals surface area contributed by atoms with Crippen LogP contribution in [0.2, 0.25) is 0 Å². The number of amides is 1. The van der Waals surface area contributed by atoms with Crippen LogP contribution in [0.3, 0.4) is 0 Å². The molecule has 1 aromatic rings. The minimum absolute atomic E-state index is 0.0274. The molecule has 0 saturated heterocycles. The van der Waals surface area contributed by atoms with Crippen LogP contribution in [0.15, 0.2) is 6.07 Å². The molecule has 0 bridgehead atoms. The van der Waals surface area contributed by atoms with Gasteiger partial charge in [0.1, 0.15) is 0 Å². The number of alkyl halides is 3. The first-order chi connectivity index (χ1) is 8.88. The van der Waals surface area contributed by atoms with Crippen molar-refractivity contribution in [1.29, 1.82) is 0 Å². The Kier molecular flexibility index (Phi) is 3.79. The van der Waals surface area contributed by atoms with Gasteiger partial charge in [-0.05, 0) is 12.8 Å². The lowest BCUT2D eigenvalue weighted by atomic mass is 9.83. The highest BCUT2D eigenvalue weighted by Gasteiger charge is 2.39. The number of H-pyrrole nitrogens is 1. The van der Waals surface area contributed by atoms with Crippen molar-refractivity contribution < 1.29 is 18.0 Å². The van der Waals surface area contributed by atoms with Crippen molar-refractivity contribution in [2.45, 2.75) is 43.8 Å². The van der Waals surface area contributed by atoms with Gasteiger partial charge in [0.25, 0.3) is 0 Å². The number of carbonyl (C=O) groups excluding carboxylic acids is 1. The third-order valence-electron chi connectivity index (χ3n) is 3.32. The Morgan fingerprint density at radius 1 is 1.42 bits per heavy atom. The van der Waals surface area contributed by atoms with Crippen molar-refractivity contribution in [3.05, 3.63) is 11.8 Å². The predicted molar refractivity (Wildman–Crippen MR) is 62.5 cm³/mol. The molecule has 1 aliphatic rings. The maximum absolute atomic E-state index is 12.1. The Morgan fingerprint density at radius 2 is 2.11 bits per heavy atom. The first-order valence-electron chi connectivity index (χ1n) is 6.07. The molecule has 19 heavy (non-hydrogen) atoms. The number of anilines is 1. The predicted octanol–water partition coefficient (Wildman–Crippen LogP) is 1.90. The lowest BCUT2D eigenvalue weighted by Gasteiger charge is -2.27. The van der Waals surface area contributed by atoms with Crippen LogP contribution in [0, 0.1) is 0 Å². The van der Waals surface area contributed by atoms with E-state index in [9.17, 15) is 18.0 Å². The monoisotopic (exact) mass is 276 g/mol. The molecular weight excluding hydrogens is 261 g/mol. The fourth-order valence-corrected chi connectivity index (χ4v) is 2.32. The largest absolute Gasteiger partial charge is 0.471 e. The summed E-state index contributed by atoms with van der Waals surface area (Å²) in [5.41, 5.74) is 6.65. The zero-order valence-corrected chi connectivity index (χ0v) is 10.1.